The van der Waals surface area contributed by atoms with E-state index in [4.69, 9.17) is 9.47 Å². The smallest absolute Gasteiger partial charge is 0.343 e. The van der Waals surface area contributed by atoms with Crippen molar-refractivity contribution in [1.29, 1.82) is 0 Å². The molecule has 0 fully saturated rings. The SMILES string of the molecule is COC(=O)/C=C/C1=C(c2ccccc2)C(=O)OC1(OC(C)=O)c1ccccc1. The van der Waals surface area contributed by atoms with Gasteiger partial charge in [0.25, 0.3) is 0 Å². The van der Waals surface area contributed by atoms with Crippen LogP contribution in [-0.2, 0) is 34.4 Å². The molecule has 0 aromatic heterocycles. The summed E-state index contributed by atoms with van der Waals surface area (Å²) in [6.07, 6.45) is 2.54. The van der Waals surface area contributed by atoms with Crippen LogP contribution in [0.2, 0.25) is 0 Å². The minimum absolute atomic E-state index is 0.200. The van der Waals surface area contributed by atoms with E-state index in [0.717, 1.165) is 6.08 Å². The average Bonchev–Trinajstić information content (AvgIpc) is 2.98. The number of carbonyl (C=O) groups is 3. The molecule has 2 aromatic rings. The predicted molar refractivity (Wildman–Crippen MR) is 100 cm³/mol. The van der Waals surface area contributed by atoms with Gasteiger partial charge in [-0.3, -0.25) is 4.79 Å². The van der Waals surface area contributed by atoms with Crippen molar-refractivity contribution in [2.24, 2.45) is 0 Å². The zero-order valence-corrected chi connectivity index (χ0v) is 15.4. The second-order valence-corrected chi connectivity index (χ2v) is 5.98. The van der Waals surface area contributed by atoms with Crippen LogP contribution in [0.15, 0.2) is 78.4 Å². The van der Waals surface area contributed by atoms with Crippen molar-refractivity contribution >= 4 is 23.5 Å². The lowest BCUT2D eigenvalue weighted by Crippen LogP contribution is -2.34. The lowest BCUT2D eigenvalue weighted by atomic mass is 9.91. The molecule has 0 amide bonds. The molecule has 0 N–H and O–H groups in total. The maximum Gasteiger partial charge on any atom is 0.343 e. The molecular formula is C22H18O6. The van der Waals surface area contributed by atoms with Gasteiger partial charge in [-0.1, -0.05) is 60.7 Å². The van der Waals surface area contributed by atoms with E-state index in [9.17, 15) is 14.4 Å². The highest BCUT2D eigenvalue weighted by atomic mass is 16.7. The quantitative estimate of drug-likeness (QED) is 0.587. The van der Waals surface area contributed by atoms with Crippen molar-refractivity contribution in [1.82, 2.24) is 0 Å². The van der Waals surface area contributed by atoms with E-state index in [1.807, 2.05) is 6.07 Å². The van der Waals surface area contributed by atoms with Gasteiger partial charge in [0.1, 0.15) is 0 Å². The normalized spacial score (nSPS) is 18.9. The summed E-state index contributed by atoms with van der Waals surface area (Å²) in [4.78, 5) is 36.5. The summed E-state index contributed by atoms with van der Waals surface area (Å²) in [6.45, 7) is 1.22. The molecule has 0 radical (unpaired) electrons. The number of hydrogen-bond donors (Lipinski definition) is 0. The fourth-order valence-corrected chi connectivity index (χ4v) is 3.01. The summed E-state index contributed by atoms with van der Waals surface area (Å²) in [7, 11) is 1.24. The fraction of sp³-hybridized carbons (Fsp3) is 0.136. The summed E-state index contributed by atoms with van der Waals surface area (Å²) in [6, 6.07) is 17.4. The van der Waals surface area contributed by atoms with Gasteiger partial charge in [-0.2, -0.15) is 0 Å². The first-order valence-electron chi connectivity index (χ1n) is 8.52. The third-order valence-electron chi connectivity index (χ3n) is 4.16. The van der Waals surface area contributed by atoms with Gasteiger partial charge < -0.3 is 14.2 Å². The first kappa shape index (κ1) is 19.1. The Kier molecular flexibility index (Phi) is 5.40. The molecule has 6 heteroatoms. The van der Waals surface area contributed by atoms with E-state index < -0.39 is 23.7 Å². The van der Waals surface area contributed by atoms with E-state index in [1.54, 1.807) is 54.6 Å². The fourth-order valence-electron chi connectivity index (χ4n) is 3.01. The highest BCUT2D eigenvalue weighted by Crippen LogP contribution is 2.46. The topological polar surface area (TPSA) is 78.9 Å². The van der Waals surface area contributed by atoms with E-state index >= 15 is 0 Å². The molecule has 0 saturated heterocycles. The van der Waals surface area contributed by atoms with Gasteiger partial charge in [-0.15, -0.1) is 0 Å². The van der Waals surface area contributed by atoms with Gasteiger partial charge in [0.15, 0.2) is 0 Å². The molecule has 1 aliphatic heterocycles. The molecule has 28 heavy (non-hydrogen) atoms. The number of hydrogen-bond acceptors (Lipinski definition) is 6. The highest BCUT2D eigenvalue weighted by Gasteiger charge is 2.51. The third kappa shape index (κ3) is 3.57. The largest absolute Gasteiger partial charge is 0.466 e. The molecule has 0 saturated carbocycles. The molecular weight excluding hydrogens is 360 g/mol. The zero-order valence-electron chi connectivity index (χ0n) is 15.4. The molecule has 2 aromatic carbocycles. The number of esters is 3. The Labute approximate surface area is 162 Å². The van der Waals surface area contributed by atoms with Crippen LogP contribution >= 0.6 is 0 Å². The van der Waals surface area contributed by atoms with Crippen molar-refractivity contribution in [2.75, 3.05) is 7.11 Å². The van der Waals surface area contributed by atoms with Crippen LogP contribution in [0.5, 0.6) is 0 Å². The Morgan fingerprint density at radius 3 is 2.18 bits per heavy atom. The van der Waals surface area contributed by atoms with Gasteiger partial charge in [-0.25, -0.2) is 9.59 Å². The maximum atomic E-state index is 12.8. The second-order valence-electron chi connectivity index (χ2n) is 5.98. The highest BCUT2D eigenvalue weighted by molar-refractivity contribution is 6.21. The molecule has 0 aliphatic carbocycles. The van der Waals surface area contributed by atoms with Gasteiger partial charge in [-0.05, 0) is 11.6 Å². The van der Waals surface area contributed by atoms with Crippen LogP contribution in [0, 0.1) is 0 Å². The van der Waals surface area contributed by atoms with Gasteiger partial charge in [0, 0.05) is 18.6 Å². The summed E-state index contributed by atoms with van der Waals surface area (Å²) in [5.41, 5.74) is 1.44. The Morgan fingerprint density at radius 2 is 1.61 bits per heavy atom. The van der Waals surface area contributed by atoms with Gasteiger partial charge in [0.05, 0.1) is 18.3 Å². The van der Waals surface area contributed by atoms with Crippen LogP contribution in [0.1, 0.15) is 18.1 Å². The van der Waals surface area contributed by atoms with Crippen LogP contribution in [0.4, 0.5) is 0 Å². The van der Waals surface area contributed by atoms with E-state index in [1.165, 1.54) is 20.1 Å². The standard InChI is InChI=1S/C22H18O6/c1-15(23)27-22(17-11-7-4-8-12-17)18(13-14-19(24)26-2)20(21(25)28-22)16-9-5-3-6-10-16/h3-14H,1-2H3/b14-13+. The minimum Gasteiger partial charge on any atom is -0.466 e. The van der Waals surface area contributed by atoms with Crippen molar-refractivity contribution in [2.45, 2.75) is 12.7 Å². The van der Waals surface area contributed by atoms with Crippen LogP contribution in [0.25, 0.3) is 5.57 Å². The van der Waals surface area contributed by atoms with E-state index in [-0.39, 0.29) is 11.1 Å². The maximum absolute atomic E-state index is 12.8. The number of carbonyl (C=O) groups excluding carboxylic acids is 3. The molecule has 1 atom stereocenters. The summed E-state index contributed by atoms with van der Waals surface area (Å²) >= 11 is 0. The lowest BCUT2D eigenvalue weighted by molar-refractivity contribution is -0.208. The molecule has 1 aliphatic rings. The Balaban J connectivity index is 2.29. The van der Waals surface area contributed by atoms with Crippen LogP contribution < -0.4 is 0 Å². The first-order valence-corrected chi connectivity index (χ1v) is 8.52. The second kappa shape index (κ2) is 7.92. The lowest BCUT2D eigenvalue weighted by Gasteiger charge is -2.29. The monoisotopic (exact) mass is 378 g/mol. The van der Waals surface area contributed by atoms with Crippen molar-refractivity contribution in [3.8, 4) is 0 Å². The molecule has 0 bridgehead atoms. The van der Waals surface area contributed by atoms with Gasteiger partial charge in [0.2, 0.25) is 0 Å². The zero-order chi connectivity index (χ0) is 20.1. The number of ether oxygens (including phenoxy) is 3. The van der Waals surface area contributed by atoms with E-state index in [0.29, 0.717) is 11.1 Å². The van der Waals surface area contributed by atoms with Crippen molar-refractivity contribution in [3.05, 3.63) is 89.5 Å². The minimum atomic E-state index is -1.81. The molecule has 1 heterocycles. The molecule has 142 valence electrons. The van der Waals surface area contributed by atoms with Crippen LogP contribution in [0.3, 0.4) is 0 Å². The van der Waals surface area contributed by atoms with Crippen LogP contribution in [-0.4, -0.2) is 25.0 Å². The van der Waals surface area contributed by atoms with Gasteiger partial charge >= 0.3 is 23.7 Å². The number of cyclic esters (lactones) is 1. The third-order valence-corrected chi connectivity index (χ3v) is 4.16. The Bertz CT molecular complexity index is 959. The predicted octanol–water partition coefficient (Wildman–Crippen LogP) is 3.14. The Hall–Kier alpha value is -3.67. The molecule has 1 unspecified atom stereocenters. The summed E-state index contributed by atoms with van der Waals surface area (Å²) in [5.74, 6) is -3.74. The number of methoxy groups -OCH3 is 1. The molecule has 6 nitrogen and oxygen atoms in total. The number of benzene rings is 2. The summed E-state index contributed by atoms with van der Waals surface area (Å²) in [5, 5.41) is 0. The molecule has 0 spiro atoms. The average molecular weight is 378 g/mol. The van der Waals surface area contributed by atoms with Crippen molar-refractivity contribution in [3.63, 3.8) is 0 Å². The first-order chi connectivity index (χ1) is 13.5. The molecule has 3 rings (SSSR count). The summed E-state index contributed by atoms with van der Waals surface area (Å²) < 4.78 is 15.8. The number of rotatable bonds is 5. The Morgan fingerprint density at radius 1 is 1.00 bits per heavy atom. The van der Waals surface area contributed by atoms with Crippen molar-refractivity contribution < 1.29 is 28.6 Å². The van der Waals surface area contributed by atoms with E-state index in [2.05, 4.69) is 4.74 Å².